The van der Waals surface area contributed by atoms with Gasteiger partial charge in [0.15, 0.2) is 0 Å². The molecular formula is C11H10N2O. The summed E-state index contributed by atoms with van der Waals surface area (Å²) in [5, 5.41) is 26.0. The number of benzene rings is 1. The van der Waals surface area contributed by atoms with E-state index in [1.54, 1.807) is 12.1 Å². The van der Waals surface area contributed by atoms with Crippen LogP contribution in [0.15, 0.2) is 18.2 Å². The van der Waals surface area contributed by atoms with Crippen LogP contribution in [0.4, 0.5) is 0 Å². The van der Waals surface area contributed by atoms with Crippen molar-refractivity contribution < 1.29 is 5.11 Å². The van der Waals surface area contributed by atoms with E-state index in [4.69, 9.17) is 15.6 Å². The van der Waals surface area contributed by atoms with Crippen LogP contribution >= 0.6 is 0 Å². The summed E-state index contributed by atoms with van der Waals surface area (Å²) in [5.74, 6) is 0. The van der Waals surface area contributed by atoms with Crippen LogP contribution in [0.1, 0.15) is 16.7 Å². The highest BCUT2D eigenvalue weighted by atomic mass is 16.3. The van der Waals surface area contributed by atoms with Crippen LogP contribution in [0.3, 0.4) is 0 Å². The molecule has 0 amide bonds. The maximum absolute atomic E-state index is 8.96. The molecule has 1 N–H and O–H groups in total. The van der Waals surface area contributed by atoms with E-state index in [2.05, 4.69) is 0 Å². The lowest BCUT2D eigenvalue weighted by Crippen LogP contribution is -1.92. The van der Waals surface area contributed by atoms with Gasteiger partial charge in [-0.25, -0.2) is 0 Å². The molecule has 0 aliphatic carbocycles. The Kier molecular flexibility index (Phi) is 3.67. The van der Waals surface area contributed by atoms with E-state index in [9.17, 15) is 0 Å². The summed E-state index contributed by atoms with van der Waals surface area (Å²) >= 11 is 0. The standard InChI is InChI=1S/C11H10N2O/c12-3-1-9-5-10(2-4-13)7-11(6-9)8-14/h5-7,14H,1-2,8H2. The molecule has 70 valence electrons. The zero-order valence-corrected chi connectivity index (χ0v) is 7.70. The average Bonchev–Trinajstić information content (AvgIpc) is 2.18. The van der Waals surface area contributed by atoms with E-state index < -0.39 is 0 Å². The van der Waals surface area contributed by atoms with Gasteiger partial charge in [-0.05, 0) is 16.7 Å². The summed E-state index contributed by atoms with van der Waals surface area (Å²) in [6, 6.07) is 9.47. The van der Waals surface area contributed by atoms with Gasteiger partial charge < -0.3 is 5.11 Å². The van der Waals surface area contributed by atoms with Gasteiger partial charge in [0, 0.05) is 0 Å². The summed E-state index contributed by atoms with van der Waals surface area (Å²) in [4.78, 5) is 0. The topological polar surface area (TPSA) is 67.8 Å². The van der Waals surface area contributed by atoms with Crippen LogP contribution in [-0.2, 0) is 19.4 Å². The van der Waals surface area contributed by atoms with Crippen molar-refractivity contribution in [3.05, 3.63) is 34.9 Å². The van der Waals surface area contributed by atoms with Gasteiger partial charge in [-0.1, -0.05) is 18.2 Å². The van der Waals surface area contributed by atoms with E-state index in [1.807, 2.05) is 18.2 Å². The van der Waals surface area contributed by atoms with Crippen molar-refractivity contribution in [3.8, 4) is 12.1 Å². The maximum atomic E-state index is 8.96. The molecule has 14 heavy (non-hydrogen) atoms. The summed E-state index contributed by atoms with van der Waals surface area (Å²) < 4.78 is 0. The molecule has 0 bridgehead atoms. The number of nitriles is 2. The second-order valence-electron chi connectivity index (χ2n) is 2.99. The summed E-state index contributed by atoms with van der Waals surface area (Å²) in [6.07, 6.45) is 0.624. The number of nitrogens with zero attached hydrogens (tertiary/aromatic N) is 2. The third-order valence-corrected chi connectivity index (χ3v) is 1.86. The summed E-state index contributed by atoms with van der Waals surface area (Å²) in [7, 11) is 0. The Morgan fingerprint density at radius 2 is 1.36 bits per heavy atom. The fourth-order valence-corrected chi connectivity index (χ4v) is 1.32. The normalized spacial score (nSPS) is 9.07. The molecular weight excluding hydrogens is 176 g/mol. The van der Waals surface area contributed by atoms with Gasteiger partial charge in [0.25, 0.3) is 0 Å². The average molecular weight is 186 g/mol. The van der Waals surface area contributed by atoms with E-state index >= 15 is 0 Å². The lowest BCUT2D eigenvalue weighted by molar-refractivity contribution is 0.281. The molecule has 1 aromatic carbocycles. The SMILES string of the molecule is N#CCc1cc(CO)cc(CC#N)c1. The van der Waals surface area contributed by atoms with Gasteiger partial charge in [-0.3, -0.25) is 0 Å². The van der Waals surface area contributed by atoms with Crippen LogP contribution in [-0.4, -0.2) is 5.11 Å². The molecule has 0 atom stereocenters. The smallest absolute Gasteiger partial charge is 0.0682 e. The van der Waals surface area contributed by atoms with Gasteiger partial charge in [-0.15, -0.1) is 0 Å². The lowest BCUT2D eigenvalue weighted by atomic mass is 10.0. The van der Waals surface area contributed by atoms with Gasteiger partial charge in [0.1, 0.15) is 0 Å². The highest BCUT2D eigenvalue weighted by Crippen LogP contribution is 2.11. The first kappa shape index (κ1) is 10.2. The number of aliphatic hydroxyl groups excluding tert-OH is 1. The highest BCUT2D eigenvalue weighted by molar-refractivity contribution is 5.32. The summed E-state index contributed by atoms with van der Waals surface area (Å²) in [6.45, 7) is -0.0578. The van der Waals surface area contributed by atoms with Crippen LogP contribution < -0.4 is 0 Å². The monoisotopic (exact) mass is 186 g/mol. The molecule has 1 rings (SSSR count). The predicted molar refractivity (Wildman–Crippen MR) is 51.0 cm³/mol. The molecule has 0 fully saturated rings. The zero-order chi connectivity index (χ0) is 10.4. The Balaban J connectivity index is 3.03. The molecule has 0 aliphatic rings. The van der Waals surface area contributed by atoms with E-state index in [-0.39, 0.29) is 6.61 Å². The van der Waals surface area contributed by atoms with Gasteiger partial charge in [0.05, 0.1) is 31.6 Å². The second-order valence-corrected chi connectivity index (χ2v) is 2.99. The first-order chi connectivity index (χ1) is 6.80. The Labute approximate surface area is 82.8 Å². The van der Waals surface area contributed by atoms with E-state index in [0.717, 1.165) is 16.7 Å². The second kappa shape index (κ2) is 5.01. The van der Waals surface area contributed by atoms with Crippen molar-refractivity contribution in [2.75, 3.05) is 0 Å². The minimum atomic E-state index is -0.0578. The number of aliphatic hydroxyl groups is 1. The fraction of sp³-hybridized carbons (Fsp3) is 0.273. The van der Waals surface area contributed by atoms with Crippen LogP contribution in [0.25, 0.3) is 0 Å². The van der Waals surface area contributed by atoms with E-state index in [0.29, 0.717) is 12.8 Å². The summed E-state index contributed by atoms with van der Waals surface area (Å²) in [5.41, 5.74) is 2.46. The highest BCUT2D eigenvalue weighted by Gasteiger charge is 2.00. The molecule has 0 saturated heterocycles. The first-order valence-corrected chi connectivity index (χ1v) is 4.26. The van der Waals surface area contributed by atoms with Crippen molar-refractivity contribution in [1.29, 1.82) is 10.5 Å². The molecule has 0 spiro atoms. The quantitative estimate of drug-likeness (QED) is 0.773. The fourth-order valence-electron chi connectivity index (χ4n) is 1.32. The minimum Gasteiger partial charge on any atom is -0.392 e. The molecule has 0 heterocycles. The molecule has 0 saturated carbocycles. The molecule has 0 radical (unpaired) electrons. The first-order valence-electron chi connectivity index (χ1n) is 4.26. The predicted octanol–water partition coefficient (Wildman–Crippen LogP) is 1.31. The molecule has 0 aromatic heterocycles. The molecule has 1 aromatic rings. The molecule has 0 unspecified atom stereocenters. The molecule has 3 nitrogen and oxygen atoms in total. The number of hydrogen-bond acceptors (Lipinski definition) is 3. The Morgan fingerprint density at radius 1 is 0.929 bits per heavy atom. The van der Waals surface area contributed by atoms with Crippen molar-refractivity contribution in [3.63, 3.8) is 0 Å². The minimum absolute atomic E-state index is 0.0578. The van der Waals surface area contributed by atoms with Crippen molar-refractivity contribution in [1.82, 2.24) is 0 Å². The van der Waals surface area contributed by atoms with Crippen LogP contribution in [0.5, 0.6) is 0 Å². The number of rotatable bonds is 3. The largest absolute Gasteiger partial charge is 0.392 e. The van der Waals surface area contributed by atoms with Gasteiger partial charge in [-0.2, -0.15) is 10.5 Å². The number of hydrogen-bond donors (Lipinski definition) is 1. The molecule has 0 aliphatic heterocycles. The Bertz CT molecular complexity index is 364. The Hall–Kier alpha value is -1.84. The van der Waals surface area contributed by atoms with Gasteiger partial charge >= 0.3 is 0 Å². The van der Waals surface area contributed by atoms with Crippen LogP contribution in [0.2, 0.25) is 0 Å². The van der Waals surface area contributed by atoms with Crippen molar-refractivity contribution in [2.24, 2.45) is 0 Å². The van der Waals surface area contributed by atoms with Gasteiger partial charge in [0.2, 0.25) is 0 Å². The molecule has 3 heteroatoms. The van der Waals surface area contributed by atoms with Crippen LogP contribution in [0, 0.1) is 22.7 Å². The Morgan fingerprint density at radius 3 is 1.71 bits per heavy atom. The third kappa shape index (κ3) is 2.58. The zero-order valence-electron chi connectivity index (χ0n) is 7.70. The maximum Gasteiger partial charge on any atom is 0.0682 e. The van der Waals surface area contributed by atoms with Crippen molar-refractivity contribution >= 4 is 0 Å². The lowest BCUT2D eigenvalue weighted by Gasteiger charge is -2.03. The third-order valence-electron chi connectivity index (χ3n) is 1.86. The van der Waals surface area contributed by atoms with Crippen molar-refractivity contribution in [2.45, 2.75) is 19.4 Å². The van der Waals surface area contributed by atoms with E-state index in [1.165, 1.54) is 0 Å².